The van der Waals surface area contributed by atoms with E-state index in [2.05, 4.69) is 15.6 Å². The molecule has 1 atom stereocenters. The maximum atomic E-state index is 12.4. The number of thiazole rings is 1. The van der Waals surface area contributed by atoms with E-state index >= 15 is 0 Å². The summed E-state index contributed by atoms with van der Waals surface area (Å²) in [5.41, 5.74) is 0.864. The molecule has 2 N–H and O–H groups in total. The van der Waals surface area contributed by atoms with E-state index in [-0.39, 0.29) is 30.1 Å². The minimum Gasteiger partial charge on any atom is -0.352 e. The van der Waals surface area contributed by atoms with Gasteiger partial charge in [0.05, 0.1) is 22.3 Å². The first-order valence-corrected chi connectivity index (χ1v) is 9.66. The van der Waals surface area contributed by atoms with E-state index in [1.54, 1.807) is 30.6 Å². The zero-order valence-electron chi connectivity index (χ0n) is 14.7. The molecule has 0 aliphatic rings. The average Bonchev–Trinajstić information content (AvgIpc) is 3.06. The second kappa shape index (κ2) is 9.21. The van der Waals surface area contributed by atoms with Crippen LogP contribution >= 0.6 is 34.5 Å². The third kappa shape index (κ3) is 5.33. The maximum absolute atomic E-state index is 12.4. The predicted octanol–water partition coefficient (Wildman–Crippen LogP) is 4.18. The first kappa shape index (κ1) is 20.5. The second-order valence-electron chi connectivity index (χ2n) is 5.80. The Kier molecular flexibility index (Phi) is 7.25. The molecule has 140 valence electrons. The number of hydrogen-bond acceptors (Lipinski definition) is 5. The molecule has 26 heavy (non-hydrogen) atoms. The lowest BCUT2D eigenvalue weighted by Crippen LogP contribution is -2.41. The summed E-state index contributed by atoms with van der Waals surface area (Å²) in [5, 5.41) is 8.82. The van der Waals surface area contributed by atoms with Gasteiger partial charge in [-0.1, -0.05) is 36.2 Å². The Hall–Kier alpha value is -1.83. The second-order valence-corrected chi connectivity index (χ2v) is 7.45. The summed E-state index contributed by atoms with van der Waals surface area (Å²) < 4.78 is 0. The number of hydrogen-bond donors (Lipinski definition) is 2. The molecule has 0 saturated carbocycles. The number of nitrogens with zero attached hydrogens (tertiary/aromatic N) is 2. The molecule has 0 bridgehead atoms. The van der Waals surface area contributed by atoms with Gasteiger partial charge in [0, 0.05) is 18.5 Å². The molecule has 0 radical (unpaired) electrons. The highest BCUT2D eigenvalue weighted by Gasteiger charge is 2.19. The van der Waals surface area contributed by atoms with Crippen LogP contribution in [-0.2, 0) is 4.79 Å². The van der Waals surface area contributed by atoms with Crippen molar-refractivity contribution in [3.63, 3.8) is 0 Å². The molecule has 2 aromatic rings. The SMILES string of the molecule is CCC(C)NC(=O)CN(C)C(=O)c1csc(Nc2cccc(Cl)c2Cl)n1. The van der Waals surface area contributed by atoms with Gasteiger partial charge in [0.25, 0.3) is 5.91 Å². The highest BCUT2D eigenvalue weighted by molar-refractivity contribution is 7.14. The molecule has 0 aliphatic carbocycles. The number of aromatic nitrogens is 1. The summed E-state index contributed by atoms with van der Waals surface area (Å²) in [4.78, 5) is 30.0. The monoisotopic (exact) mass is 414 g/mol. The molecule has 0 fully saturated rings. The van der Waals surface area contributed by atoms with Crippen LogP contribution in [0.4, 0.5) is 10.8 Å². The lowest BCUT2D eigenvalue weighted by molar-refractivity contribution is -0.122. The van der Waals surface area contributed by atoms with Gasteiger partial charge >= 0.3 is 0 Å². The van der Waals surface area contributed by atoms with Crippen LogP contribution < -0.4 is 10.6 Å². The van der Waals surface area contributed by atoms with Crippen molar-refractivity contribution in [2.24, 2.45) is 0 Å². The number of halogens is 2. The van der Waals surface area contributed by atoms with Gasteiger partial charge in [-0.2, -0.15) is 0 Å². The number of amides is 2. The Morgan fingerprint density at radius 3 is 2.77 bits per heavy atom. The van der Waals surface area contributed by atoms with Gasteiger partial charge in [-0.25, -0.2) is 4.98 Å². The van der Waals surface area contributed by atoms with Crippen LogP contribution in [0.1, 0.15) is 30.8 Å². The highest BCUT2D eigenvalue weighted by atomic mass is 35.5. The van der Waals surface area contributed by atoms with E-state index < -0.39 is 0 Å². The fourth-order valence-electron chi connectivity index (χ4n) is 2.05. The molecule has 1 unspecified atom stereocenters. The minimum absolute atomic E-state index is 0.0242. The normalized spacial score (nSPS) is 11.7. The summed E-state index contributed by atoms with van der Waals surface area (Å²) >= 11 is 13.4. The van der Waals surface area contributed by atoms with E-state index in [4.69, 9.17) is 23.2 Å². The largest absolute Gasteiger partial charge is 0.352 e. The average molecular weight is 415 g/mol. The first-order chi connectivity index (χ1) is 12.3. The predicted molar refractivity (Wildman–Crippen MR) is 107 cm³/mol. The van der Waals surface area contributed by atoms with Crippen molar-refractivity contribution < 1.29 is 9.59 Å². The Labute approximate surface area is 166 Å². The molecule has 0 saturated heterocycles. The van der Waals surface area contributed by atoms with Gasteiger partial charge in [0.1, 0.15) is 5.69 Å². The summed E-state index contributed by atoms with van der Waals surface area (Å²) in [6, 6.07) is 5.29. The zero-order valence-corrected chi connectivity index (χ0v) is 17.0. The lowest BCUT2D eigenvalue weighted by atomic mass is 10.2. The van der Waals surface area contributed by atoms with Crippen molar-refractivity contribution in [1.29, 1.82) is 0 Å². The van der Waals surface area contributed by atoms with Crippen molar-refractivity contribution in [3.8, 4) is 0 Å². The third-order valence-electron chi connectivity index (χ3n) is 3.66. The summed E-state index contributed by atoms with van der Waals surface area (Å²) in [6.45, 7) is 3.87. The molecule has 0 spiro atoms. The molecule has 2 rings (SSSR count). The first-order valence-electron chi connectivity index (χ1n) is 8.03. The molecule has 6 nitrogen and oxygen atoms in total. The Bertz CT molecular complexity index is 797. The zero-order chi connectivity index (χ0) is 19.3. The lowest BCUT2D eigenvalue weighted by Gasteiger charge is -2.17. The molecular formula is C17H20Cl2N4O2S. The van der Waals surface area contributed by atoms with Gasteiger partial charge in [-0.3, -0.25) is 9.59 Å². The molecule has 0 aliphatic heterocycles. The fourth-order valence-corrected chi connectivity index (χ4v) is 3.09. The van der Waals surface area contributed by atoms with Crippen LogP contribution in [0, 0.1) is 0 Å². The van der Waals surface area contributed by atoms with Crippen molar-refractivity contribution in [3.05, 3.63) is 39.3 Å². The number of nitrogens with one attached hydrogen (secondary N) is 2. The van der Waals surface area contributed by atoms with Crippen molar-refractivity contribution >= 4 is 57.2 Å². The fraction of sp³-hybridized carbons (Fsp3) is 0.353. The van der Waals surface area contributed by atoms with Crippen LogP contribution in [-0.4, -0.2) is 41.3 Å². The van der Waals surface area contributed by atoms with Crippen LogP contribution in [0.25, 0.3) is 0 Å². The molecular weight excluding hydrogens is 395 g/mol. The topological polar surface area (TPSA) is 74.3 Å². The van der Waals surface area contributed by atoms with E-state index in [0.29, 0.717) is 20.9 Å². The van der Waals surface area contributed by atoms with E-state index in [1.165, 1.54) is 16.2 Å². The van der Waals surface area contributed by atoms with Crippen LogP contribution in [0.3, 0.4) is 0 Å². The van der Waals surface area contributed by atoms with E-state index in [1.807, 2.05) is 13.8 Å². The number of carbonyl (C=O) groups excluding carboxylic acids is 2. The highest BCUT2D eigenvalue weighted by Crippen LogP contribution is 2.32. The van der Waals surface area contributed by atoms with Gasteiger partial charge in [0.15, 0.2) is 5.13 Å². The van der Waals surface area contributed by atoms with Gasteiger partial charge in [-0.05, 0) is 25.5 Å². The Balaban J connectivity index is 2.00. The van der Waals surface area contributed by atoms with Crippen LogP contribution in [0.2, 0.25) is 10.0 Å². The van der Waals surface area contributed by atoms with Gasteiger partial charge < -0.3 is 15.5 Å². The van der Waals surface area contributed by atoms with Gasteiger partial charge in [-0.15, -0.1) is 11.3 Å². The van der Waals surface area contributed by atoms with Gasteiger partial charge in [0.2, 0.25) is 5.91 Å². The molecule has 9 heteroatoms. The molecule has 1 heterocycles. The maximum Gasteiger partial charge on any atom is 0.273 e. The summed E-state index contributed by atoms with van der Waals surface area (Å²) in [7, 11) is 1.57. The quantitative estimate of drug-likeness (QED) is 0.712. The Morgan fingerprint density at radius 2 is 2.08 bits per heavy atom. The summed E-state index contributed by atoms with van der Waals surface area (Å²) in [6.07, 6.45) is 0.830. The minimum atomic E-state index is -0.328. The molecule has 2 amide bonds. The number of anilines is 2. The standard InChI is InChI=1S/C17H20Cl2N4O2S/c1-4-10(2)20-14(24)8-23(3)16(25)13-9-26-17(22-13)21-12-7-5-6-11(18)15(12)19/h5-7,9-10H,4,8H2,1-3H3,(H,20,24)(H,21,22). The van der Waals surface area contributed by atoms with Crippen molar-refractivity contribution in [2.45, 2.75) is 26.3 Å². The van der Waals surface area contributed by atoms with Crippen molar-refractivity contribution in [2.75, 3.05) is 18.9 Å². The van der Waals surface area contributed by atoms with E-state index in [0.717, 1.165) is 6.42 Å². The number of benzene rings is 1. The number of likely N-dealkylation sites (N-methyl/N-ethyl adjacent to an activating group) is 1. The molecule has 1 aromatic heterocycles. The molecule has 1 aromatic carbocycles. The smallest absolute Gasteiger partial charge is 0.273 e. The summed E-state index contributed by atoms with van der Waals surface area (Å²) in [5.74, 6) is -0.528. The van der Waals surface area contributed by atoms with Crippen molar-refractivity contribution in [1.82, 2.24) is 15.2 Å². The van der Waals surface area contributed by atoms with E-state index in [9.17, 15) is 9.59 Å². The number of rotatable bonds is 7. The Morgan fingerprint density at radius 1 is 1.35 bits per heavy atom. The van der Waals surface area contributed by atoms with Crippen LogP contribution in [0.15, 0.2) is 23.6 Å². The number of carbonyl (C=O) groups is 2. The third-order valence-corrected chi connectivity index (χ3v) is 5.24. The van der Waals surface area contributed by atoms with Crippen LogP contribution in [0.5, 0.6) is 0 Å².